The highest BCUT2D eigenvalue weighted by Crippen LogP contribution is 2.49. The molecule has 5 aromatic rings. The fourth-order valence-corrected chi connectivity index (χ4v) is 11.5. The molecule has 0 unspecified atom stereocenters. The Bertz CT molecular complexity index is 2590. The van der Waals surface area contributed by atoms with Crippen LogP contribution in [0.5, 0.6) is 0 Å². The monoisotopic (exact) mass is 960 g/mol. The van der Waals surface area contributed by atoms with Crippen molar-refractivity contribution in [2.45, 2.75) is 129 Å². The summed E-state index contributed by atoms with van der Waals surface area (Å²) in [5.41, 5.74) is 7.43. The van der Waals surface area contributed by atoms with Crippen molar-refractivity contribution in [3.63, 3.8) is 0 Å². The number of nitrogens with zero attached hydrogens (tertiary/aromatic N) is 5. The van der Waals surface area contributed by atoms with Crippen molar-refractivity contribution in [1.82, 2.24) is 35.4 Å². The number of H-pyrrole nitrogens is 2. The van der Waals surface area contributed by atoms with E-state index in [2.05, 4.69) is 86.7 Å². The van der Waals surface area contributed by atoms with Gasteiger partial charge in [0.15, 0.2) is 0 Å². The number of imidazole rings is 1. The second kappa shape index (κ2) is 19.8. The molecule has 16 heteroatoms. The number of carbonyl (C=O) groups is 4. The van der Waals surface area contributed by atoms with Gasteiger partial charge in [0, 0.05) is 43.1 Å². The molecule has 0 spiro atoms. The van der Waals surface area contributed by atoms with Crippen LogP contribution in [0.4, 0.5) is 25.4 Å². The van der Waals surface area contributed by atoms with Crippen LogP contribution < -0.4 is 20.4 Å². The van der Waals surface area contributed by atoms with E-state index in [0.29, 0.717) is 24.6 Å². The smallest absolute Gasteiger partial charge is 0.407 e. The molecule has 374 valence electrons. The molecule has 6 heterocycles. The molecule has 0 saturated carbocycles. The zero-order valence-electron chi connectivity index (χ0n) is 41.9. The molecule has 0 bridgehead atoms. The molecule has 70 heavy (non-hydrogen) atoms. The van der Waals surface area contributed by atoms with E-state index in [1.807, 2.05) is 49.6 Å². The molecule has 6 atom stereocenters. The molecule has 0 aliphatic carbocycles. The van der Waals surface area contributed by atoms with Crippen molar-refractivity contribution in [3.05, 3.63) is 89.1 Å². The molecule has 9 rings (SSSR count). The number of nitrogens with one attached hydrogen (secondary N) is 4. The van der Waals surface area contributed by atoms with Crippen LogP contribution in [-0.2, 0) is 19.1 Å². The molecular formula is C54H70FN9O6. The fourth-order valence-electron chi connectivity index (χ4n) is 11.5. The van der Waals surface area contributed by atoms with Gasteiger partial charge in [-0.25, -0.2) is 19.0 Å². The molecule has 0 radical (unpaired) electrons. The highest BCUT2D eigenvalue weighted by atomic mass is 19.1. The number of aromatic amines is 2. The van der Waals surface area contributed by atoms with Gasteiger partial charge in [0.2, 0.25) is 11.8 Å². The van der Waals surface area contributed by atoms with E-state index in [9.17, 15) is 19.2 Å². The van der Waals surface area contributed by atoms with Crippen LogP contribution in [-0.4, -0.2) is 101 Å². The second-order valence-electron chi connectivity index (χ2n) is 21.4. The third kappa shape index (κ3) is 9.62. The number of likely N-dealkylation sites (tertiary alicyclic amines) is 2. The van der Waals surface area contributed by atoms with Crippen molar-refractivity contribution in [1.29, 1.82) is 0 Å². The van der Waals surface area contributed by atoms with Gasteiger partial charge >= 0.3 is 12.2 Å². The maximum atomic E-state index is 16.6. The number of anilines is 2. The highest BCUT2D eigenvalue weighted by molar-refractivity contribution is 5.88. The minimum atomic E-state index is -0.731. The quantitative estimate of drug-likeness (QED) is 0.0952. The highest BCUT2D eigenvalue weighted by Gasteiger charge is 2.41. The largest absolute Gasteiger partial charge is 0.453 e. The third-order valence-electron chi connectivity index (χ3n) is 15.6. The lowest BCUT2D eigenvalue weighted by molar-refractivity contribution is -0.136. The first-order chi connectivity index (χ1) is 33.5. The van der Waals surface area contributed by atoms with Crippen LogP contribution in [0.15, 0.2) is 60.7 Å². The Morgan fingerprint density at radius 2 is 1.26 bits per heavy atom. The fraction of sp³-hybridized carbons (Fsp3) is 0.537. The molecule has 3 aromatic carbocycles. The summed E-state index contributed by atoms with van der Waals surface area (Å²) in [4.78, 5) is 72.9. The van der Waals surface area contributed by atoms with E-state index in [4.69, 9.17) is 14.5 Å². The topological polar surface area (TPSA) is 168 Å². The molecule has 4 fully saturated rings. The molecule has 4 aliphatic rings. The Labute approximate surface area is 410 Å². The number of ether oxygens (including phenoxy) is 2. The van der Waals surface area contributed by atoms with Crippen molar-refractivity contribution < 1.29 is 33.0 Å². The molecular weight excluding hydrogens is 890 g/mol. The number of aromatic nitrogens is 3. The summed E-state index contributed by atoms with van der Waals surface area (Å²) in [6.45, 7) is 15.0. The number of hydrogen-bond acceptors (Lipinski definition) is 9. The van der Waals surface area contributed by atoms with E-state index in [1.54, 1.807) is 6.07 Å². The van der Waals surface area contributed by atoms with Crippen molar-refractivity contribution >= 4 is 57.3 Å². The maximum Gasteiger partial charge on any atom is 0.407 e. The van der Waals surface area contributed by atoms with Gasteiger partial charge in [-0.2, -0.15) is 0 Å². The normalized spacial score (nSPS) is 22.3. The van der Waals surface area contributed by atoms with Crippen molar-refractivity contribution in [3.8, 4) is 0 Å². The first kappa shape index (κ1) is 48.7. The minimum absolute atomic E-state index is 0.0819. The van der Waals surface area contributed by atoms with Gasteiger partial charge in [0.05, 0.1) is 55.1 Å². The lowest BCUT2D eigenvalue weighted by atomic mass is 9.82. The van der Waals surface area contributed by atoms with Crippen LogP contribution >= 0.6 is 0 Å². The van der Waals surface area contributed by atoms with Crippen LogP contribution in [0.1, 0.15) is 140 Å². The summed E-state index contributed by atoms with van der Waals surface area (Å²) in [6.07, 6.45) is 5.60. The molecule has 4 aliphatic heterocycles. The first-order valence-corrected chi connectivity index (χ1v) is 25.3. The molecule has 4 saturated heterocycles. The maximum absolute atomic E-state index is 16.6. The molecule has 4 N–H and O–H groups in total. The minimum Gasteiger partial charge on any atom is -0.453 e. The van der Waals surface area contributed by atoms with E-state index >= 15 is 4.39 Å². The number of rotatable bonds is 12. The number of hydrogen-bond donors (Lipinski definition) is 4. The summed E-state index contributed by atoms with van der Waals surface area (Å²) >= 11 is 0. The van der Waals surface area contributed by atoms with Crippen LogP contribution in [0, 0.1) is 23.1 Å². The van der Waals surface area contributed by atoms with Crippen molar-refractivity contribution in [2.75, 3.05) is 50.2 Å². The zero-order valence-corrected chi connectivity index (χ0v) is 41.9. The number of methoxy groups -OCH3 is 2. The lowest BCUT2D eigenvalue weighted by Crippen LogP contribution is -2.51. The SMILES string of the molecule is COC(=O)N[C@H](C(=O)N1CCC[C@H]1c1cc2ccc([C@H]3CC[C@H](c4ccc5nc([C@@H]6CCCN6C(=O)[C@@H](NC(=O)OC)C(C)C)[nH]c5c4)N3c3ccc(N4CCC(C)(C)CC4)c(F)c3)cc2[nH]1)C(C)C. The lowest BCUT2D eigenvalue weighted by Gasteiger charge is -2.39. The number of amides is 4. The van der Waals surface area contributed by atoms with Gasteiger partial charge in [-0.05, 0) is 128 Å². The average Bonchev–Trinajstić information content (AvgIpc) is 4.20. The summed E-state index contributed by atoms with van der Waals surface area (Å²) in [5, 5.41) is 6.53. The summed E-state index contributed by atoms with van der Waals surface area (Å²) < 4.78 is 26.3. The number of carbonyl (C=O) groups excluding carboxylic acids is 4. The number of benzene rings is 3. The van der Waals surface area contributed by atoms with Crippen LogP contribution in [0.2, 0.25) is 0 Å². The average molecular weight is 960 g/mol. The van der Waals surface area contributed by atoms with E-state index < -0.39 is 24.3 Å². The second-order valence-corrected chi connectivity index (χ2v) is 21.4. The number of alkyl carbamates (subject to hydrolysis) is 2. The molecule has 15 nitrogen and oxygen atoms in total. The summed E-state index contributed by atoms with van der Waals surface area (Å²) in [7, 11) is 2.59. The first-order valence-electron chi connectivity index (χ1n) is 25.3. The Morgan fingerprint density at radius 1 is 0.686 bits per heavy atom. The summed E-state index contributed by atoms with van der Waals surface area (Å²) in [5.74, 6) is -0.0707. The van der Waals surface area contributed by atoms with Gasteiger partial charge in [0.25, 0.3) is 0 Å². The predicted octanol–water partition coefficient (Wildman–Crippen LogP) is 9.98. The van der Waals surface area contributed by atoms with Crippen LogP contribution in [0.3, 0.4) is 0 Å². The van der Waals surface area contributed by atoms with E-state index in [1.165, 1.54) is 14.2 Å². The van der Waals surface area contributed by atoms with Gasteiger partial charge < -0.3 is 49.7 Å². The Balaban J connectivity index is 1.02. The molecule has 4 amide bonds. The van der Waals surface area contributed by atoms with Crippen molar-refractivity contribution in [2.24, 2.45) is 17.3 Å². The standard InChI is InChI=1S/C54H70FN9O6/c1-31(2)47(59-52(67)69-7)50(65)62-23-9-11-45(62)41-27-33-13-14-34(28-39(33)56-41)42-19-20-43(64(42)36-16-18-44(37(55)30-36)61-25-21-54(5,6)22-26-61)35-15-17-38-40(29-35)58-49(57-38)46-12-10-24-63(46)51(66)48(32(3)4)60-53(68)70-8/h13-18,27-32,42-43,45-48,56H,9-12,19-26H2,1-8H3,(H,57,58)(H,59,67)(H,60,68)/t42-,43-,45+,46+,47+,48+/m1/s1. The van der Waals surface area contributed by atoms with E-state index in [0.717, 1.165) is 109 Å². The number of fused-ring (bicyclic) bond motifs is 2. The summed E-state index contributed by atoms with van der Waals surface area (Å²) in [6, 6.07) is 18.7. The van der Waals surface area contributed by atoms with Gasteiger partial charge in [-0.15, -0.1) is 0 Å². The van der Waals surface area contributed by atoms with Gasteiger partial charge in [-0.3, -0.25) is 9.59 Å². The van der Waals surface area contributed by atoms with Gasteiger partial charge in [0.1, 0.15) is 23.7 Å². The molecule has 2 aromatic heterocycles. The Morgan fingerprint density at radius 3 is 1.84 bits per heavy atom. The zero-order chi connectivity index (χ0) is 49.6. The Kier molecular flexibility index (Phi) is 13.8. The number of piperidine rings is 1. The Hall–Kier alpha value is -6.32. The third-order valence-corrected chi connectivity index (χ3v) is 15.6. The predicted molar refractivity (Wildman–Crippen MR) is 269 cm³/mol. The van der Waals surface area contributed by atoms with Crippen LogP contribution in [0.25, 0.3) is 21.9 Å². The van der Waals surface area contributed by atoms with E-state index in [-0.39, 0.29) is 59.0 Å². The van der Waals surface area contributed by atoms with Gasteiger partial charge in [-0.1, -0.05) is 59.7 Å². The number of halogens is 1.